The number of carbonyl (C=O) groups is 1. The van der Waals surface area contributed by atoms with Gasteiger partial charge in [-0.25, -0.2) is 4.99 Å². The number of hydrogen-bond acceptors (Lipinski definition) is 6. The molecule has 0 fully saturated rings. The number of aromatic hydroxyl groups is 1. The van der Waals surface area contributed by atoms with Gasteiger partial charge in [-0.3, -0.25) is 4.79 Å². The molecule has 1 aromatic heterocycles. The maximum absolute atomic E-state index is 12.8. The van der Waals surface area contributed by atoms with E-state index < -0.39 is 0 Å². The largest absolute Gasteiger partial charge is 0.494 e. The normalized spacial score (nSPS) is 11.7. The van der Waals surface area contributed by atoms with Gasteiger partial charge in [-0.05, 0) is 57.3 Å². The second-order valence-electron chi connectivity index (χ2n) is 9.63. The summed E-state index contributed by atoms with van der Waals surface area (Å²) in [6, 6.07) is 21.1. The maximum Gasteiger partial charge on any atom is 0.228 e. The van der Waals surface area contributed by atoms with Crippen molar-refractivity contribution in [3.8, 4) is 17.4 Å². The van der Waals surface area contributed by atoms with Crippen LogP contribution in [-0.4, -0.2) is 66.5 Å². The maximum atomic E-state index is 12.8. The van der Waals surface area contributed by atoms with Crippen LogP contribution in [0.4, 0.5) is 11.4 Å². The Labute approximate surface area is 242 Å². The molecule has 8 nitrogen and oxygen atoms in total. The molecule has 0 radical (unpaired) electrons. The van der Waals surface area contributed by atoms with Gasteiger partial charge in [0, 0.05) is 42.7 Å². The Hall–Kier alpha value is -4.30. The standard InChI is InChI=1S/C33H40N4O4/c1-6-37(7-2)20-19-30(38)36(5)25-17-15-24(16-18-25)34-32(23-13-11-10-12-14-23)31-26-21-28(40-8-3)29(41-9-4)22-27(26)35-33(31)39/h10-18,21-22,35,39H,6-9,19-20H2,1-5H3. The molecule has 4 aromatic rings. The van der Waals surface area contributed by atoms with Gasteiger partial charge >= 0.3 is 0 Å². The van der Waals surface area contributed by atoms with E-state index in [1.807, 2.05) is 80.6 Å². The summed E-state index contributed by atoms with van der Waals surface area (Å²) in [5.74, 6) is 1.29. The predicted octanol–water partition coefficient (Wildman–Crippen LogP) is 6.53. The number of fused-ring (bicyclic) bond motifs is 1. The number of nitrogens with one attached hydrogen (secondary N) is 1. The van der Waals surface area contributed by atoms with Crippen molar-refractivity contribution in [2.24, 2.45) is 4.99 Å². The van der Waals surface area contributed by atoms with Crippen molar-refractivity contribution in [1.29, 1.82) is 0 Å². The molecule has 1 heterocycles. The van der Waals surface area contributed by atoms with Gasteiger partial charge in [0.1, 0.15) is 0 Å². The van der Waals surface area contributed by atoms with Crippen LogP contribution in [0.3, 0.4) is 0 Å². The molecule has 0 spiro atoms. The number of hydrogen-bond donors (Lipinski definition) is 2. The molecule has 1 amide bonds. The fourth-order valence-corrected chi connectivity index (χ4v) is 4.81. The molecule has 41 heavy (non-hydrogen) atoms. The number of aromatic nitrogens is 1. The lowest BCUT2D eigenvalue weighted by atomic mass is 10.0. The summed E-state index contributed by atoms with van der Waals surface area (Å²) >= 11 is 0. The Balaban J connectivity index is 1.72. The number of anilines is 1. The van der Waals surface area contributed by atoms with Crippen molar-refractivity contribution in [2.75, 3.05) is 44.8 Å². The monoisotopic (exact) mass is 556 g/mol. The van der Waals surface area contributed by atoms with Crippen LogP contribution in [0.25, 0.3) is 10.9 Å². The number of benzene rings is 3. The van der Waals surface area contributed by atoms with Gasteiger partial charge in [-0.1, -0.05) is 44.2 Å². The first-order valence-corrected chi connectivity index (χ1v) is 14.3. The van der Waals surface area contributed by atoms with Crippen LogP contribution in [0.15, 0.2) is 71.7 Å². The fourth-order valence-electron chi connectivity index (χ4n) is 4.81. The first kappa shape index (κ1) is 29.7. The Bertz CT molecular complexity index is 1470. The molecule has 2 N–H and O–H groups in total. The first-order chi connectivity index (χ1) is 19.9. The zero-order valence-corrected chi connectivity index (χ0v) is 24.6. The molecule has 0 unspecified atom stereocenters. The van der Waals surface area contributed by atoms with Gasteiger partial charge in [-0.15, -0.1) is 0 Å². The predicted molar refractivity (Wildman–Crippen MR) is 166 cm³/mol. The average molecular weight is 557 g/mol. The molecule has 216 valence electrons. The van der Waals surface area contributed by atoms with Crippen molar-refractivity contribution in [3.63, 3.8) is 0 Å². The third-order valence-electron chi connectivity index (χ3n) is 7.12. The van der Waals surface area contributed by atoms with Crippen molar-refractivity contribution < 1.29 is 19.4 Å². The number of ether oxygens (including phenoxy) is 2. The van der Waals surface area contributed by atoms with Gasteiger partial charge in [0.2, 0.25) is 5.91 Å². The lowest BCUT2D eigenvalue weighted by molar-refractivity contribution is -0.118. The zero-order valence-electron chi connectivity index (χ0n) is 24.6. The van der Waals surface area contributed by atoms with Gasteiger partial charge in [-0.2, -0.15) is 0 Å². The lowest BCUT2D eigenvalue weighted by Crippen LogP contribution is -2.32. The molecule has 4 rings (SSSR count). The summed E-state index contributed by atoms with van der Waals surface area (Å²) in [6.45, 7) is 11.6. The van der Waals surface area contributed by atoms with Crippen LogP contribution in [0.1, 0.15) is 45.2 Å². The third-order valence-corrected chi connectivity index (χ3v) is 7.12. The van der Waals surface area contributed by atoms with Crippen molar-refractivity contribution in [3.05, 3.63) is 77.9 Å². The number of aliphatic imine (C=N–C) groups is 1. The van der Waals surface area contributed by atoms with Gasteiger partial charge in [0.25, 0.3) is 0 Å². The van der Waals surface area contributed by atoms with Gasteiger partial charge in [0.15, 0.2) is 17.4 Å². The van der Waals surface area contributed by atoms with E-state index in [9.17, 15) is 9.90 Å². The Morgan fingerprint density at radius 1 is 0.902 bits per heavy atom. The second-order valence-corrected chi connectivity index (χ2v) is 9.63. The minimum atomic E-state index is 0.00820. The van der Waals surface area contributed by atoms with E-state index in [1.165, 1.54) is 0 Å². The van der Waals surface area contributed by atoms with E-state index >= 15 is 0 Å². The highest BCUT2D eigenvalue weighted by atomic mass is 16.5. The number of carbonyl (C=O) groups excluding carboxylic acids is 1. The summed E-state index contributed by atoms with van der Waals surface area (Å²) in [6.07, 6.45) is 0.463. The number of H-pyrrole nitrogens is 1. The number of rotatable bonds is 13. The van der Waals surface area contributed by atoms with E-state index in [1.54, 1.807) is 11.9 Å². The van der Waals surface area contributed by atoms with Crippen LogP contribution in [0.5, 0.6) is 17.4 Å². The molecular weight excluding hydrogens is 516 g/mol. The van der Waals surface area contributed by atoms with Gasteiger partial charge in [0.05, 0.1) is 35.7 Å². The summed E-state index contributed by atoms with van der Waals surface area (Å²) in [5, 5.41) is 11.9. The van der Waals surface area contributed by atoms with Crippen LogP contribution in [-0.2, 0) is 4.79 Å². The topological polar surface area (TPSA) is 90.4 Å². The highest BCUT2D eigenvalue weighted by Gasteiger charge is 2.21. The fraction of sp³-hybridized carbons (Fsp3) is 0.333. The molecule has 8 heteroatoms. The Kier molecular flexibility index (Phi) is 10.0. The molecule has 0 aliphatic carbocycles. The van der Waals surface area contributed by atoms with Crippen molar-refractivity contribution >= 4 is 33.9 Å². The van der Waals surface area contributed by atoms with E-state index in [0.29, 0.717) is 53.6 Å². The third kappa shape index (κ3) is 6.89. The minimum absolute atomic E-state index is 0.00820. The summed E-state index contributed by atoms with van der Waals surface area (Å²) < 4.78 is 11.7. The zero-order chi connectivity index (χ0) is 29.4. The molecule has 0 saturated carbocycles. The molecule has 0 bridgehead atoms. The highest BCUT2D eigenvalue weighted by molar-refractivity contribution is 6.22. The molecule has 3 aromatic carbocycles. The Morgan fingerprint density at radius 3 is 2.15 bits per heavy atom. The Morgan fingerprint density at radius 2 is 1.54 bits per heavy atom. The number of amides is 1. The molecule has 0 aliphatic rings. The van der Waals surface area contributed by atoms with Crippen LogP contribution in [0, 0.1) is 0 Å². The highest BCUT2D eigenvalue weighted by Crippen LogP contribution is 2.38. The molecule has 0 aliphatic heterocycles. The first-order valence-electron chi connectivity index (χ1n) is 14.3. The van der Waals surface area contributed by atoms with E-state index in [-0.39, 0.29) is 11.8 Å². The summed E-state index contributed by atoms with van der Waals surface area (Å²) in [7, 11) is 1.80. The second kappa shape index (κ2) is 13.9. The smallest absolute Gasteiger partial charge is 0.228 e. The minimum Gasteiger partial charge on any atom is -0.494 e. The van der Waals surface area contributed by atoms with E-state index in [2.05, 4.69) is 23.7 Å². The quantitative estimate of drug-likeness (QED) is 0.183. The van der Waals surface area contributed by atoms with Crippen LogP contribution < -0.4 is 14.4 Å². The lowest BCUT2D eigenvalue weighted by Gasteiger charge is -2.21. The van der Waals surface area contributed by atoms with Crippen LogP contribution in [0.2, 0.25) is 0 Å². The van der Waals surface area contributed by atoms with Crippen molar-refractivity contribution in [1.82, 2.24) is 9.88 Å². The summed E-state index contributed by atoms with van der Waals surface area (Å²) in [4.78, 5) is 24.8. The number of nitrogens with zero attached hydrogens (tertiary/aromatic N) is 3. The van der Waals surface area contributed by atoms with Crippen LogP contribution >= 0.6 is 0 Å². The van der Waals surface area contributed by atoms with E-state index in [0.717, 1.165) is 36.3 Å². The van der Waals surface area contributed by atoms with E-state index in [4.69, 9.17) is 14.5 Å². The molecule has 0 saturated heterocycles. The molecular formula is C33H40N4O4. The number of aromatic amines is 1. The summed E-state index contributed by atoms with van der Waals surface area (Å²) in [5.41, 5.74) is 4.24. The van der Waals surface area contributed by atoms with Gasteiger partial charge < -0.3 is 29.4 Å². The SMILES string of the molecule is CCOc1cc2[nH]c(O)c(C(=Nc3ccc(N(C)C(=O)CCN(CC)CC)cc3)c3ccccc3)c2cc1OCC. The molecule has 0 atom stereocenters. The van der Waals surface area contributed by atoms with Crippen molar-refractivity contribution in [2.45, 2.75) is 34.1 Å². The average Bonchev–Trinajstić information content (AvgIpc) is 3.31.